The first-order valence-electron chi connectivity index (χ1n) is 8.32. The number of nitrogens with one attached hydrogen (secondary N) is 1. The molecule has 0 unspecified atom stereocenters. The molecule has 0 atom stereocenters. The fourth-order valence-electron chi connectivity index (χ4n) is 3.03. The lowest BCUT2D eigenvalue weighted by atomic mass is 9.96. The summed E-state index contributed by atoms with van der Waals surface area (Å²) >= 11 is 0. The van der Waals surface area contributed by atoms with Crippen molar-refractivity contribution in [3.63, 3.8) is 0 Å². The van der Waals surface area contributed by atoms with Crippen LogP contribution in [-0.4, -0.2) is 27.6 Å². The molecular formula is C20H25NO3. The van der Waals surface area contributed by atoms with E-state index in [9.17, 15) is 0 Å². The summed E-state index contributed by atoms with van der Waals surface area (Å²) in [5.41, 5.74) is 2.81. The Morgan fingerprint density at radius 2 is 1.83 bits per heavy atom. The summed E-state index contributed by atoms with van der Waals surface area (Å²) in [5, 5.41) is 3.59. The van der Waals surface area contributed by atoms with Gasteiger partial charge in [-0.2, -0.15) is 0 Å². The molecule has 0 radical (unpaired) electrons. The number of hydrogen-bond acceptors (Lipinski definition) is 4. The topological polar surface area (TPSA) is 39.7 Å². The maximum Gasteiger partial charge on any atom is 0.188 e. The average Bonchev–Trinajstić information content (AvgIpc) is 3.42. The Bertz CT molecular complexity index is 653. The predicted molar refractivity (Wildman–Crippen MR) is 94.6 cm³/mol. The third kappa shape index (κ3) is 3.89. The Kier molecular flexibility index (Phi) is 5.38. The van der Waals surface area contributed by atoms with Crippen LogP contribution in [0.4, 0.5) is 0 Å². The molecular weight excluding hydrogens is 302 g/mol. The highest BCUT2D eigenvalue weighted by molar-refractivity contribution is 5.40. The molecule has 4 heteroatoms. The van der Waals surface area contributed by atoms with Gasteiger partial charge in [0.1, 0.15) is 11.5 Å². The molecule has 0 aromatic heterocycles. The number of methoxy groups -OCH3 is 2. The highest BCUT2D eigenvalue weighted by Gasteiger charge is 2.43. The molecule has 1 aliphatic carbocycles. The van der Waals surface area contributed by atoms with Gasteiger partial charge in [-0.25, -0.2) is 0 Å². The second kappa shape index (κ2) is 7.69. The molecule has 1 saturated carbocycles. The lowest BCUT2D eigenvalue weighted by molar-refractivity contribution is 0.0503. The van der Waals surface area contributed by atoms with Gasteiger partial charge >= 0.3 is 0 Å². The van der Waals surface area contributed by atoms with Gasteiger partial charge in [-0.05, 0) is 36.6 Å². The third-order valence-corrected chi connectivity index (χ3v) is 4.62. The number of benzene rings is 2. The molecule has 1 fully saturated rings. The lowest BCUT2D eigenvalue weighted by Crippen LogP contribution is -2.26. The summed E-state index contributed by atoms with van der Waals surface area (Å²) in [6.07, 6.45) is 2.49. The minimum atomic E-state index is 0.243. The summed E-state index contributed by atoms with van der Waals surface area (Å²) in [6, 6.07) is 16.6. The first kappa shape index (κ1) is 16.8. The van der Waals surface area contributed by atoms with Gasteiger partial charge in [-0.15, -0.1) is 0 Å². The van der Waals surface area contributed by atoms with Crippen molar-refractivity contribution in [2.45, 2.75) is 24.8 Å². The van der Waals surface area contributed by atoms with Gasteiger partial charge in [-0.3, -0.25) is 0 Å². The minimum Gasteiger partial charge on any atom is -0.497 e. The van der Waals surface area contributed by atoms with Crippen LogP contribution in [0.2, 0.25) is 0 Å². The second-order valence-corrected chi connectivity index (χ2v) is 6.27. The number of ether oxygens (including phenoxy) is 3. The molecule has 2 aromatic rings. The van der Waals surface area contributed by atoms with E-state index in [0.29, 0.717) is 5.41 Å². The van der Waals surface area contributed by atoms with Crippen molar-refractivity contribution in [3.8, 4) is 11.5 Å². The fraction of sp³-hybridized carbons (Fsp3) is 0.400. The molecule has 128 valence electrons. The molecule has 1 N–H and O–H groups in total. The summed E-state index contributed by atoms with van der Waals surface area (Å²) in [5.74, 6) is 1.66. The van der Waals surface area contributed by atoms with Crippen LogP contribution >= 0.6 is 0 Å². The molecule has 2 aromatic carbocycles. The molecule has 0 heterocycles. The van der Waals surface area contributed by atoms with E-state index in [1.165, 1.54) is 18.4 Å². The summed E-state index contributed by atoms with van der Waals surface area (Å²) in [4.78, 5) is 0. The summed E-state index contributed by atoms with van der Waals surface area (Å²) < 4.78 is 16.0. The van der Waals surface area contributed by atoms with Crippen LogP contribution in [0.1, 0.15) is 24.0 Å². The molecule has 4 nitrogen and oxygen atoms in total. The molecule has 0 spiro atoms. The summed E-state index contributed by atoms with van der Waals surface area (Å²) in [7, 11) is 3.30. The Labute approximate surface area is 143 Å². The van der Waals surface area contributed by atoms with E-state index in [2.05, 4.69) is 35.6 Å². The normalized spacial score (nSPS) is 15.1. The zero-order chi connectivity index (χ0) is 16.8. The Balaban J connectivity index is 1.63. The van der Waals surface area contributed by atoms with Crippen LogP contribution < -0.4 is 14.8 Å². The van der Waals surface area contributed by atoms with Crippen LogP contribution in [0.15, 0.2) is 48.5 Å². The molecule has 3 rings (SSSR count). The van der Waals surface area contributed by atoms with Crippen LogP contribution in [-0.2, 0) is 16.7 Å². The maximum absolute atomic E-state index is 5.65. The molecule has 1 aliphatic rings. The van der Waals surface area contributed by atoms with Gasteiger partial charge in [0.15, 0.2) is 6.79 Å². The number of rotatable bonds is 9. The molecule has 0 amide bonds. The number of hydrogen-bond donors (Lipinski definition) is 1. The summed E-state index contributed by atoms with van der Waals surface area (Å²) in [6.45, 7) is 1.95. The van der Waals surface area contributed by atoms with E-state index in [1.807, 2.05) is 18.2 Å². The van der Waals surface area contributed by atoms with Crippen molar-refractivity contribution in [2.24, 2.45) is 0 Å². The quantitative estimate of drug-likeness (QED) is 0.716. The van der Waals surface area contributed by atoms with Gasteiger partial charge < -0.3 is 19.5 Å². The lowest BCUT2D eigenvalue weighted by Gasteiger charge is -2.18. The van der Waals surface area contributed by atoms with E-state index >= 15 is 0 Å². The van der Waals surface area contributed by atoms with Crippen molar-refractivity contribution < 1.29 is 14.2 Å². The average molecular weight is 327 g/mol. The molecule has 0 bridgehead atoms. The van der Waals surface area contributed by atoms with E-state index in [1.54, 1.807) is 14.2 Å². The highest BCUT2D eigenvalue weighted by atomic mass is 16.7. The zero-order valence-corrected chi connectivity index (χ0v) is 14.4. The van der Waals surface area contributed by atoms with E-state index in [4.69, 9.17) is 14.2 Å². The monoisotopic (exact) mass is 327 g/mol. The molecule has 24 heavy (non-hydrogen) atoms. The van der Waals surface area contributed by atoms with Gasteiger partial charge in [0.05, 0.1) is 7.11 Å². The van der Waals surface area contributed by atoms with E-state index in [-0.39, 0.29) is 6.79 Å². The van der Waals surface area contributed by atoms with Crippen LogP contribution in [0.5, 0.6) is 11.5 Å². The van der Waals surface area contributed by atoms with Gasteiger partial charge in [0, 0.05) is 31.2 Å². The SMILES string of the molecule is COCOc1ccc(OC)cc1CNCC1(c2ccccc2)CC1. The van der Waals surface area contributed by atoms with E-state index < -0.39 is 0 Å². The zero-order valence-electron chi connectivity index (χ0n) is 14.4. The standard InChI is InChI=1S/C20H25NO3/c1-22-15-24-19-9-8-18(23-2)12-16(19)13-21-14-20(10-11-20)17-6-4-3-5-7-17/h3-9,12,21H,10-11,13-15H2,1-2H3. The van der Waals surface area contributed by atoms with Gasteiger partial charge in [-0.1, -0.05) is 30.3 Å². The highest BCUT2D eigenvalue weighted by Crippen LogP contribution is 2.47. The van der Waals surface area contributed by atoms with Gasteiger partial charge in [0.25, 0.3) is 0 Å². The van der Waals surface area contributed by atoms with Crippen molar-refractivity contribution >= 4 is 0 Å². The smallest absolute Gasteiger partial charge is 0.188 e. The van der Waals surface area contributed by atoms with Crippen LogP contribution in [0.3, 0.4) is 0 Å². The van der Waals surface area contributed by atoms with Crippen molar-refractivity contribution in [1.82, 2.24) is 5.32 Å². The first-order chi connectivity index (χ1) is 11.8. The van der Waals surface area contributed by atoms with Crippen molar-refractivity contribution in [2.75, 3.05) is 27.6 Å². The predicted octanol–water partition coefficient (Wildman–Crippen LogP) is 3.50. The van der Waals surface area contributed by atoms with Crippen LogP contribution in [0, 0.1) is 0 Å². The molecule has 0 saturated heterocycles. The maximum atomic E-state index is 5.65. The van der Waals surface area contributed by atoms with E-state index in [0.717, 1.165) is 30.2 Å². The van der Waals surface area contributed by atoms with Gasteiger partial charge in [0.2, 0.25) is 0 Å². The largest absolute Gasteiger partial charge is 0.497 e. The second-order valence-electron chi connectivity index (χ2n) is 6.27. The minimum absolute atomic E-state index is 0.243. The Morgan fingerprint density at radius 1 is 1.04 bits per heavy atom. The van der Waals surface area contributed by atoms with Crippen molar-refractivity contribution in [1.29, 1.82) is 0 Å². The third-order valence-electron chi connectivity index (χ3n) is 4.62. The fourth-order valence-corrected chi connectivity index (χ4v) is 3.03. The Hall–Kier alpha value is -2.04. The van der Waals surface area contributed by atoms with Crippen LogP contribution in [0.25, 0.3) is 0 Å². The molecule has 0 aliphatic heterocycles. The first-order valence-corrected chi connectivity index (χ1v) is 8.32. The Morgan fingerprint density at radius 3 is 2.50 bits per heavy atom. The van der Waals surface area contributed by atoms with Crippen molar-refractivity contribution in [3.05, 3.63) is 59.7 Å².